The van der Waals surface area contributed by atoms with Crippen LogP contribution in [0.4, 0.5) is 0 Å². The van der Waals surface area contributed by atoms with Gasteiger partial charge in [0.25, 0.3) is 0 Å². The Kier molecular flexibility index (Phi) is 6.83. The summed E-state index contributed by atoms with van der Waals surface area (Å²) in [6, 6.07) is 12.9. The van der Waals surface area contributed by atoms with E-state index in [0.29, 0.717) is 29.5 Å². The molecular formula is C19H19Cl2NO2. The summed E-state index contributed by atoms with van der Waals surface area (Å²) in [5.74, 6) is 0.0936. The van der Waals surface area contributed by atoms with Crippen LogP contribution in [0.2, 0.25) is 10.0 Å². The van der Waals surface area contributed by atoms with Crippen molar-refractivity contribution in [2.75, 3.05) is 0 Å². The fourth-order valence-electron chi connectivity index (χ4n) is 2.31. The molecular weight excluding hydrogens is 345 g/mol. The van der Waals surface area contributed by atoms with Crippen molar-refractivity contribution in [3.8, 4) is 0 Å². The van der Waals surface area contributed by atoms with Gasteiger partial charge in [0.05, 0.1) is 5.71 Å². The van der Waals surface area contributed by atoms with Gasteiger partial charge in [0, 0.05) is 22.0 Å². The Bertz CT molecular complexity index is 740. The molecule has 0 spiro atoms. The van der Waals surface area contributed by atoms with E-state index in [0.717, 1.165) is 22.4 Å². The molecule has 2 aromatic rings. The molecule has 0 bridgehead atoms. The number of rotatable bonds is 7. The maximum atomic E-state index is 11.5. The van der Waals surface area contributed by atoms with E-state index < -0.39 is 0 Å². The monoisotopic (exact) mass is 363 g/mol. The third-order valence-corrected chi connectivity index (χ3v) is 3.96. The zero-order valence-corrected chi connectivity index (χ0v) is 15.2. The first-order valence-corrected chi connectivity index (χ1v) is 8.46. The van der Waals surface area contributed by atoms with Gasteiger partial charge < -0.3 is 4.84 Å². The first-order chi connectivity index (χ1) is 11.5. The molecule has 0 unspecified atom stereocenters. The zero-order chi connectivity index (χ0) is 17.5. The summed E-state index contributed by atoms with van der Waals surface area (Å²) in [5.41, 5.74) is 3.51. The molecule has 3 nitrogen and oxygen atoms in total. The molecule has 0 heterocycles. The molecule has 0 radical (unpaired) electrons. The largest absolute Gasteiger partial charge is 0.391 e. The van der Waals surface area contributed by atoms with Crippen molar-refractivity contribution >= 4 is 34.7 Å². The second-order valence-corrected chi connectivity index (χ2v) is 6.34. The van der Waals surface area contributed by atoms with Crippen LogP contribution in [0.15, 0.2) is 47.6 Å². The van der Waals surface area contributed by atoms with E-state index in [4.69, 9.17) is 28.0 Å². The normalized spacial score (nSPS) is 11.4. The average molecular weight is 364 g/mol. The molecule has 0 aliphatic heterocycles. The lowest BCUT2D eigenvalue weighted by molar-refractivity contribution is -0.116. The molecule has 0 saturated carbocycles. The number of hydrogen-bond donors (Lipinski definition) is 0. The van der Waals surface area contributed by atoms with Gasteiger partial charge in [-0.05, 0) is 48.7 Å². The van der Waals surface area contributed by atoms with Crippen LogP contribution >= 0.6 is 23.2 Å². The Labute approximate surface area is 152 Å². The highest BCUT2D eigenvalue weighted by atomic mass is 35.5. The van der Waals surface area contributed by atoms with Gasteiger partial charge in [-0.25, -0.2) is 0 Å². The van der Waals surface area contributed by atoms with E-state index >= 15 is 0 Å². The van der Waals surface area contributed by atoms with Crippen molar-refractivity contribution in [3.05, 3.63) is 69.2 Å². The fraction of sp³-hybridized carbons (Fsp3) is 0.263. The highest BCUT2D eigenvalue weighted by Crippen LogP contribution is 2.20. The standard InChI is InChI=1S/C19H19Cl2NO2/c1-3-19(22-24-12-14-4-7-16(20)8-5-14)18-11-17(21)9-6-15(18)10-13(2)23/h4-9,11H,3,10,12H2,1-2H3/b22-19+. The Morgan fingerprint density at radius 1 is 1.08 bits per heavy atom. The smallest absolute Gasteiger partial charge is 0.142 e. The number of halogens is 2. The molecule has 0 atom stereocenters. The minimum atomic E-state index is 0.0936. The molecule has 0 fully saturated rings. The van der Waals surface area contributed by atoms with Crippen LogP contribution in [0.3, 0.4) is 0 Å². The van der Waals surface area contributed by atoms with Crippen LogP contribution in [-0.4, -0.2) is 11.5 Å². The third kappa shape index (κ3) is 5.36. The molecule has 2 rings (SSSR count). The fourth-order valence-corrected chi connectivity index (χ4v) is 2.61. The van der Waals surface area contributed by atoms with Crippen molar-refractivity contribution < 1.29 is 9.63 Å². The Morgan fingerprint density at radius 2 is 1.75 bits per heavy atom. The lowest BCUT2D eigenvalue weighted by atomic mass is 9.98. The number of hydrogen-bond acceptors (Lipinski definition) is 3. The molecule has 0 aliphatic carbocycles. The first-order valence-electron chi connectivity index (χ1n) is 7.71. The third-order valence-electron chi connectivity index (χ3n) is 3.48. The maximum Gasteiger partial charge on any atom is 0.142 e. The topological polar surface area (TPSA) is 38.7 Å². The Hall–Kier alpha value is -1.84. The number of carbonyl (C=O) groups excluding carboxylic acids is 1. The minimum absolute atomic E-state index is 0.0936. The highest BCUT2D eigenvalue weighted by Gasteiger charge is 2.11. The molecule has 0 N–H and O–H groups in total. The number of benzene rings is 2. The molecule has 0 aliphatic rings. The van der Waals surface area contributed by atoms with Gasteiger partial charge in [-0.15, -0.1) is 0 Å². The van der Waals surface area contributed by atoms with E-state index in [-0.39, 0.29) is 5.78 Å². The second-order valence-electron chi connectivity index (χ2n) is 5.47. The summed E-state index contributed by atoms with van der Waals surface area (Å²) in [6.45, 7) is 3.91. The van der Waals surface area contributed by atoms with Crippen LogP contribution in [0.5, 0.6) is 0 Å². The predicted molar refractivity (Wildman–Crippen MR) is 98.9 cm³/mol. The van der Waals surface area contributed by atoms with Gasteiger partial charge in [0.1, 0.15) is 12.4 Å². The van der Waals surface area contributed by atoms with Crippen molar-refractivity contribution in [2.24, 2.45) is 5.16 Å². The second kappa shape index (κ2) is 8.86. The molecule has 0 amide bonds. The molecule has 126 valence electrons. The van der Waals surface area contributed by atoms with E-state index in [1.165, 1.54) is 0 Å². The van der Waals surface area contributed by atoms with Crippen LogP contribution < -0.4 is 0 Å². The first kappa shape index (κ1) is 18.5. The molecule has 5 heteroatoms. The van der Waals surface area contributed by atoms with E-state index in [1.807, 2.05) is 43.3 Å². The van der Waals surface area contributed by atoms with Gasteiger partial charge in [-0.2, -0.15) is 0 Å². The molecule has 0 aromatic heterocycles. The summed E-state index contributed by atoms with van der Waals surface area (Å²) >= 11 is 12.0. The van der Waals surface area contributed by atoms with Crippen molar-refractivity contribution in [1.82, 2.24) is 0 Å². The zero-order valence-electron chi connectivity index (χ0n) is 13.7. The van der Waals surface area contributed by atoms with Crippen molar-refractivity contribution in [3.63, 3.8) is 0 Å². The summed E-state index contributed by atoms with van der Waals surface area (Å²) < 4.78 is 0. The van der Waals surface area contributed by atoms with E-state index in [2.05, 4.69) is 5.16 Å². The lowest BCUT2D eigenvalue weighted by Gasteiger charge is -2.11. The van der Waals surface area contributed by atoms with Crippen LogP contribution in [0.25, 0.3) is 0 Å². The van der Waals surface area contributed by atoms with Gasteiger partial charge >= 0.3 is 0 Å². The summed E-state index contributed by atoms with van der Waals surface area (Å²) in [7, 11) is 0. The lowest BCUT2D eigenvalue weighted by Crippen LogP contribution is -2.08. The average Bonchev–Trinajstić information content (AvgIpc) is 2.55. The van der Waals surface area contributed by atoms with Crippen molar-refractivity contribution in [2.45, 2.75) is 33.3 Å². The predicted octanol–water partition coefficient (Wildman–Crippen LogP) is 5.46. The summed E-state index contributed by atoms with van der Waals surface area (Å²) in [6.07, 6.45) is 1.02. The molecule has 0 saturated heterocycles. The SMILES string of the molecule is CC/C(=N\OCc1ccc(Cl)cc1)c1cc(Cl)ccc1CC(C)=O. The van der Waals surface area contributed by atoms with Crippen LogP contribution in [0, 0.1) is 0 Å². The van der Waals surface area contributed by atoms with Gasteiger partial charge in [0.2, 0.25) is 0 Å². The summed E-state index contributed by atoms with van der Waals surface area (Å²) in [5, 5.41) is 5.55. The number of nitrogens with zero attached hydrogens (tertiary/aromatic N) is 1. The van der Waals surface area contributed by atoms with E-state index in [9.17, 15) is 4.79 Å². The number of carbonyl (C=O) groups is 1. The summed E-state index contributed by atoms with van der Waals surface area (Å²) in [4.78, 5) is 17.0. The highest BCUT2D eigenvalue weighted by molar-refractivity contribution is 6.31. The Morgan fingerprint density at radius 3 is 2.38 bits per heavy atom. The van der Waals surface area contributed by atoms with Gasteiger partial charge in [-0.3, -0.25) is 4.79 Å². The molecule has 2 aromatic carbocycles. The minimum Gasteiger partial charge on any atom is -0.391 e. The number of Topliss-reactive ketones (excluding diaryl/α,β-unsaturated/α-hetero) is 1. The van der Waals surface area contributed by atoms with Crippen LogP contribution in [-0.2, 0) is 22.7 Å². The van der Waals surface area contributed by atoms with Gasteiger partial charge in [-0.1, -0.05) is 53.5 Å². The number of ketones is 1. The quantitative estimate of drug-likeness (QED) is 0.484. The van der Waals surface area contributed by atoms with E-state index in [1.54, 1.807) is 13.0 Å². The van der Waals surface area contributed by atoms with Crippen LogP contribution in [0.1, 0.15) is 37.0 Å². The molecule has 24 heavy (non-hydrogen) atoms. The maximum absolute atomic E-state index is 11.5. The Balaban J connectivity index is 2.18. The van der Waals surface area contributed by atoms with Crippen molar-refractivity contribution in [1.29, 1.82) is 0 Å². The number of oxime groups is 1. The van der Waals surface area contributed by atoms with Gasteiger partial charge in [0.15, 0.2) is 0 Å².